The summed E-state index contributed by atoms with van der Waals surface area (Å²) < 4.78 is 5.33. The first-order valence-corrected chi connectivity index (χ1v) is 16.2. The summed E-state index contributed by atoms with van der Waals surface area (Å²) in [6, 6.07) is 14.1. The van der Waals surface area contributed by atoms with Gasteiger partial charge in [0.1, 0.15) is 25.5 Å². The topological polar surface area (TPSA) is 41.6 Å². The lowest BCUT2D eigenvalue weighted by Gasteiger charge is -2.47. The summed E-state index contributed by atoms with van der Waals surface area (Å²) in [6.07, 6.45) is 2.73. The van der Waals surface area contributed by atoms with Crippen molar-refractivity contribution in [2.75, 3.05) is 12.0 Å². The Morgan fingerprint density at radius 3 is 2.22 bits per heavy atom. The van der Waals surface area contributed by atoms with E-state index in [4.69, 9.17) is 16.3 Å². The molecule has 0 bridgehead atoms. The largest absolute Gasteiger partial charge is 0.497 e. The number of aldehydes is 1. The van der Waals surface area contributed by atoms with Crippen LogP contribution in [0.25, 0.3) is 0 Å². The lowest BCUT2D eigenvalue weighted by Crippen LogP contribution is -2.61. The summed E-state index contributed by atoms with van der Waals surface area (Å²) in [5.41, 5.74) is 8.23. The van der Waals surface area contributed by atoms with Crippen LogP contribution in [0.1, 0.15) is 65.5 Å². The van der Waals surface area contributed by atoms with Crippen LogP contribution in [0.5, 0.6) is 5.75 Å². The molecule has 2 aromatic rings. The first-order valence-electron chi connectivity index (χ1n) is 13.6. The Labute approximate surface area is 229 Å². The molecule has 1 N–H and O–H groups in total. The maximum atomic E-state index is 12.6. The van der Waals surface area contributed by atoms with E-state index in [1.165, 1.54) is 0 Å². The Kier molecular flexibility index (Phi) is 8.14. The molecule has 0 saturated heterocycles. The number of fused-ring (bicyclic) bond motifs is 1. The minimum Gasteiger partial charge on any atom is -0.497 e. The number of nitrogens with one attached hydrogen (secondary N) is 1. The number of anilines is 1. The molecule has 0 radical (unpaired) electrons. The number of carbonyl (C=O) groups is 1. The first kappa shape index (κ1) is 27.8. The third-order valence-corrected chi connectivity index (χ3v) is 15.1. The van der Waals surface area contributed by atoms with Crippen molar-refractivity contribution in [2.24, 2.45) is 5.92 Å². The van der Waals surface area contributed by atoms with E-state index >= 15 is 0 Å². The highest BCUT2D eigenvalue weighted by atomic mass is 35.5. The molecule has 4 nitrogen and oxygen atoms in total. The highest BCUT2D eigenvalue weighted by molar-refractivity contribution is 6.90. The van der Waals surface area contributed by atoms with E-state index in [-0.39, 0.29) is 0 Å². The molecule has 1 saturated carbocycles. The van der Waals surface area contributed by atoms with E-state index in [0.29, 0.717) is 34.1 Å². The normalized spacial score (nSPS) is 21.6. The Morgan fingerprint density at radius 1 is 1.08 bits per heavy atom. The van der Waals surface area contributed by atoms with Crippen LogP contribution >= 0.6 is 11.6 Å². The second-order valence-corrected chi connectivity index (χ2v) is 17.6. The van der Waals surface area contributed by atoms with Gasteiger partial charge in [-0.05, 0) is 71.3 Å². The Bertz CT molecular complexity index is 1160. The molecule has 1 unspecified atom stereocenters. The molecule has 2 aromatic carbocycles. The van der Waals surface area contributed by atoms with Crippen molar-refractivity contribution in [1.82, 2.24) is 5.32 Å². The Hall–Kier alpha value is -2.26. The molecule has 2 atom stereocenters. The molecular formula is C31H41ClN2O2Si. The van der Waals surface area contributed by atoms with Crippen LogP contribution in [0.3, 0.4) is 0 Å². The predicted molar refractivity (Wildman–Crippen MR) is 157 cm³/mol. The van der Waals surface area contributed by atoms with Crippen molar-refractivity contribution in [1.29, 1.82) is 0 Å². The molecule has 0 aromatic heterocycles. The van der Waals surface area contributed by atoms with Gasteiger partial charge in [-0.25, -0.2) is 0 Å². The molecule has 1 heterocycles. The van der Waals surface area contributed by atoms with Crippen molar-refractivity contribution in [2.45, 2.75) is 89.3 Å². The van der Waals surface area contributed by atoms with E-state index in [1.807, 2.05) is 30.3 Å². The highest BCUT2D eigenvalue weighted by Gasteiger charge is 2.52. The van der Waals surface area contributed by atoms with Crippen molar-refractivity contribution in [3.05, 3.63) is 58.6 Å². The number of halogens is 1. The average molecular weight is 537 g/mol. The smallest absolute Gasteiger partial charge is 0.157 e. The van der Waals surface area contributed by atoms with Gasteiger partial charge in [0, 0.05) is 22.8 Å². The average Bonchev–Trinajstić information content (AvgIpc) is 3.71. The number of nitrogens with zero attached hydrogens (tertiary/aromatic N) is 1. The minimum absolute atomic E-state index is 0.362. The van der Waals surface area contributed by atoms with Crippen molar-refractivity contribution in [3.63, 3.8) is 0 Å². The van der Waals surface area contributed by atoms with Gasteiger partial charge in [-0.2, -0.15) is 0 Å². The lowest BCUT2D eigenvalue weighted by atomic mass is 9.81. The SMILES string of the molecule is COc1ccc(CN2c3ccc(Cl)cc3[C@@](C#C[Si](C(C)C)(C(C)C)C(C)C)(C3CC3)NC2C=O)cc1. The van der Waals surface area contributed by atoms with Gasteiger partial charge in [-0.15, -0.1) is 5.54 Å². The molecule has 1 aliphatic heterocycles. The zero-order valence-corrected chi connectivity index (χ0v) is 25.0. The summed E-state index contributed by atoms with van der Waals surface area (Å²) >= 11 is 6.61. The van der Waals surface area contributed by atoms with Gasteiger partial charge in [0.2, 0.25) is 0 Å². The van der Waals surface area contributed by atoms with Crippen LogP contribution in [0.2, 0.25) is 21.6 Å². The van der Waals surface area contributed by atoms with Crippen LogP contribution in [0.4, 0.5) is 5.69 Å². The van der Waals surface area contributed by atoms with Gasteiger partial charge in [0.25, 0.3) is 0 Å². The summed E-state index contributed by atoms with van der Waals surface area (Å²) in [6.45, 7) is 14.6. The molecule has 1 aliphatic carbocycles. The molecule has 198 valence electrons. The van der Waals surface area contributed by atoms with Crippen LogP contribution in [0.15, 0.2) is 42.5 Å². The molecule has 0 amide bonds. The van der Waals surface area contributed by atoms with Crippen LogP contribution < -0.4 is 15.0 Å². The lowest BCUT2D eigenvalue weighted by molar-refractivity contribution is -0.110. The fourth-order valence-electron chi connectivity index (χ4n) is 6.53. The van der Waals surface area contributed by atoms with E-state index in [9.17, 15) is 4.79 Å². The molecule has 1 fully saturated rings. The number of hydrogen-bond acceptors (Lipinski definition) is 4. The Balaban J connectivity index is 1.87. The number of ether oxygens (including phenoxy) is 1. The Morgan fingerprint density at radius 2 is 1.70 bits per heavy atom. The van der Waals surface area contributed by atoms with Crippen molar-refractivity contribution >= 4 is 31.6 Å². The van der Waals surface area contributed by atoms with Crippen LogP contribution in [-0.4, -0.2) is 27.6 Å². The summed E-state index contributed by atoms with van der Waals surface area (Å²) in [7, 11) is -0.312. The van der Waals surface area contributed by atoms with E-state index < -0.39 is 19.8 Å². The van der Waals surface area contributed by atoms with Crippen molar-refractivity contribution in [3.8, 4) is 17.2 Å². The number of methoxy groups -OCH3 is 1. The highest BCUT2D eigenvalue weighted by Crippen LogP contribution is 2.52. The second kappa shape index (κ2) is 10.8. The van der Waals surface area contributed by atoms with Gasteiger partial charge in [0.05, 0.1) is 7.11 Å². The standard InChI is InChI=1S/C31H41ClN2O2Si/c1-21(2)37(22(3)4,23(5)6)17-16-31(25-10-11-25)28-18-26(32)12-15-29(28)34(30(20-35)33-31)19-24-8-13-27(36-7)14-9-24/h8-9,12-15,18,20-23,25,30,33H,10-11,19H2,1-7H3/t30?,31-/m1/s1. The number of rotatable bonds is 8. The third kappa shape index (κ3) is 5.09. The molecule has 6 heteroatoms. The third-order valence-electron chi connectivity index (χ3n) is 8.58. The molecule has 4 rings (SSSR count). The first-order chi connectivity index (χ1) is 17.6. The second-order valence-electron chi connectivity index (χ2n) is 11.6. The molecule has 2 aliphatic rings. The maximum Gasteiger partial charge on any atom is 0.157 e. The monoisotopic (exact) mass is 536 g/mol. The van der Waals surface area contributed by atoms with Gasteiger partial charge in [-0.3, -0.25) is 10.1 Å². The minimum atomic E-state index is -1.98. The van der Waals surface area contributed by atoms with Gasteiger partial charge in [-0.1, -0.05) is 71.2 Å². The summed E-state index contributed by atoms with van der Waals surface area (Å²) in [4.78, 5) is 14.7. The van der Waals surface area contributed by atoms with E-state index in [0.717, 1.165) is 41.7 Å². The van der Waals surface area contributed by atoms with Crippen molar-refractivity contribution < 1.29 is 9.53 Å². The molecular weight excluding hydrogens is 496 g/mol. The summed E-state index contributed by atoms with van der Waals surface area (Å²) in [5, 5.41) is 4.46. The fourth-order valence-corrected chi connectivity index (χ4v) is 12.0. The summed E-state index contributed by atoms with van der Waals surface area (Å²) in [5.74, 6) is 5.05. The quantitative estimate of drug-likeness (QED) is 0.218. The zero-order valence-electron chi connectivity index (χ0n) is 23.3. The van der Waals surface area contributed by atoms with Gasteiger partial charge in [0.15, 0.2) is 6.29 Å². The van der Waals surface area contributed by atoms with E-state index in [1.54, 1.807) is 7.11 Å². The van der Waals surface area contributed by atoms with Gasteiger partial charge >= 0.3 is 0 Å². The number of benzene rings is 2. The predicted octanol–water partition coefficient (Wildman–Crippen LogP) is 7.31. The van der Waals surface area contributed by atoms with Crippen LogP contribution in [0, 0.1) is 17.4 Å². The fraction of sp³-hybridized carbons (Fsp3) is 0.516. The number of hydrogen-bond donors (Lipinski definition) is 1. The van der Waals surface area contributed by atoms with E-state index in [2.05, 4.69) is 75.4 Å². The zero-order chi connectivity index (χ0) is 27.0. The van der Waals surface area contributed by atoms with Crippen LogP contribution in [-0.2, 0) is 16.9 Å². The number of carbonyl (C=O) groups excluding carboxylic acids is 1. The maximum absolute atomic E-state index is 12.6. The molecule has 0 spiro atoms. The van der Waals surface area contributed by atoms with Gasteiger partial charge < -0.3 is 9.64 Å². The molecule has 37 heavy (non-hydrogen) atoms.